The number of ether oxygens (including phenoxy) is 1. The summed E-state index contributed by atoms with van der Waals surface area (Å²) in [6.45, 7) is 4.29. The van der Waals surface area contributed by atoms with E-state index in [2.05, 4.69) is 35.4 Å². The van der Waals surface area contributed by atoms with Crippen molar-refractivity contribution in [3.05, 3.63) is 35.7 Å². The summed E-state index contributed by atoms with van der Waals surface area (Å²) in [7, 11) is 1.96. The molecule has 0 unspecified atom stereocenters. The van der Waals surface area contributed by atoms with E-state index < -0.39 is 0 Å². The zero-order valence-corrected chi connectivity index (χ0v) is 12.9. The molecule has 0 radical (unpaired) electrons. The third-order valence-electron chi connectivity index (χ3n) is 4.26. The van der Waals surface area contributed by atoms with Crippen molar-refractivity contribution in [2.45, 2.75) is 37.6 Å². The van der Waals surface area contributed by atoms with Crippen LogP contribution in [0.15, 0.2) is 28.7 Å². The number of rotatable bonds is 4. The number of nitriles is 1. The van der Waals surface area contributed by atoms with E-state index in [1.165, 1.54) is 0 Å². The van der Waals surface area contributed by atoms with E-state index in [4.69, 9.17) is 14.4 Å². The summed E-state index contributed by atoms with van der Waals surface area (Å²) in [4.78, 5) is 0. The van der Waals surface area contributed by atoms with Gasteiger partial charge >= 0.3 is 6.08 Å². The Morgan fingerprint density at radius 1 is 1.32 bits per heavy atom. The Hall–Kier alpha value is -2.39. The maximum Gasteiger partial charge on any atom is 0.420 e. The normalized spacial score (nSPS) is 27.0. The van der Waals surface area contributed by atoms with E-state index in [0.29, 0.717) is 17.2 Å². The van der Waals surface area contributed by atoms with Gasteiger partial charge in [0.1, 0.15) is 5.75 Å². The molecule has 1 saturated carbocycles. The van der Waals surface area contributed by atoms with Crippen molar-refractivity contribution >= 4 is 0 Å². The zero-order chi connectivity index (χ0) is 15.8. The predicted octanol–water partition coefficient (Wildman–Crippen LogP) is 2.76. The molecule has 1 aliphatic carbocycles. The van der Waals surface area contributed by atoms with Gasteiger partial charge in [-0.05, 0) is 45.0 Å². The van der Waals surface area contributed by atoms with Gasteiger partial charge in [-0.2, -0.15) is 5.26 Å². The average Bonchev–Trinajstić information content (AvgIpc) is 2.95. The van der Waals surface area contributed by atoms with Crippen molar-refractivity contribution in [1.29, 1.82) is 5.26 Å². The molecule has 0 saturated heterocycles. The fourth-order valence-electron chi connectivity index (χ4n) is 3.22. The van der Waals surface area contributed by atoms with Gasteiger partial charge in [0.25, 0.3) is 0 Å². The molecule has 1 aromatic heterocycles. The first-order chi connectivity index (χ1) is 10.5. The van der Waals surface area contributed by atoms with Crippen LogP contribution in [0.1, 0.15) is 38.1 Å². The van der Waals surface area contributed by atoms with Crippen LogP contribution in [0, 0.1) is 11.3 Å². The Kier molecular flexibility index (Phi) is 3.38. The summed E-state index contributed by atoms with van der Waals surface area (Å²) in [6, 6.07) is 8.89. The maximum absolute atomic E-state index is 8.89. The van der Waals surface area contributed by atoms with Crippen molar-refractivity contribution in [3.8, 4) is 17.9 Å². The highest BCUT2D eigenvalue weighted by molar-refractivity contribution is 5.37. The lowest BCUT2D eigenvalue weighted by atomic mass is 9.59. The minimum Gasteiger partial charge on any atom is -0.410 e. The summed E-state index contributed by atoms with van der Waals surface area (Å²) in [5.74, 6) is 1.10. The second-order valence-corrected chi connectivity index (χ2v) is 6.34. The van der Waals surface area contributed by atoms with Crippen molar-refractivity contribution < 1.29 is 9.15 Å². The van der Waals surface area contributed by atoms with Crippen molar-refractivity contribution in [2.75, 3.05) is 7.05 Å². The first-order valence-corrected chi connectivity index (χ1v) is 7.17. The highest BCUT2D eigenvalue weighted by atomic mass is 16.6. The number of aromatic nitrogens is 2. The molecule has 1 aromatic carbocycles. The van der Waals surface area contributed by atoms with E-state index in [0.717, 1.165) is 12.8 Å². The SMILES string of the molecule is CNC1(C)CC(C)(c2nnc(Oc3cccc(C#N)c3)o2)C1. The number of nitrogens with zero attached hydrogens (tertiary/aromatic N) is 3. The van der Waals surface area contributed by atoms with Gasteiger partial charge in [0.2, 0.25) is 5.89 Å². The highest BCUT2D eigenvalue weighted by Gasteiger charge is 2.52. The molecule has 1 heterocycles. The molecule has 0 spiro atoms. The van der Waals surface area contributed by atoms with Crippen LogP contribution in [0.3, 0.4) is 0 Å². The topological polar surface area (TPSA) is 84.0 Å². The Labute approximate surface area is 129 Å². The van der Waals surface area contributed by atoms with Crippen LogP contribution in [0.25, 0.3) is 0 Å². The summed E-state index contributed by atoms with van der Waals surface area (Å²) < 4.78 is 11.2. The lowest BCUT2D eigenvalue weighted by Gasteiger charge is -2.50. The molecule has 2 aromatic rings. The third kappa shape index (κ3) is 2.55. The summed E-state index contributed by atoms with van der Waals surface area (Å²) in [6.07, 6.45) is 1.97. The van der Waals surface area contributed by atoms with Gasteiger partial charge in [-0.15, -0.1) is 5.10 Å². The average molecular weight is 298 g/mol. The molecule has 0 atom stereocenters. The van der Waals surface area contributed by atoms with Crippen LogP contribution >= 0.6 is 0 Å². The lowest BCUT2D eigenvalue weighted by molar-refractivity contribution is 0.0783. The van der Waals surface area contributed by atoms with Crippen LogP contribution in [0.4, 0.5) is 0 Å². The lowest BCUT2D eigenvalue weighted by Crippen LogP contribution is -2.58. The van der Waals surface area contributed by atoms with Crippen LogP contribution in [0.2, 0.25) is 0 Å². The summed E-state index contributed by atoms with van der Waals surface area (Å²) in [5, 5.41) is 20.3. The van der Waals surface area contributed by atoms with Crippen molar-refractivity contribution in [1.82, 2.24) is 15.5 Å². The monoisotopic (exact) mass is 298 g/mol. The maximum atomic E-state index is 8.89. The van der Waals surface area contributed by atoms with E-state index in [-0.39, 0.29) is 17.0 Å². The van der Waals surface area contributed by atoms with Gasteiger partial charge in [0.15, 0.2) is 0 Å². The van der Waals surface area contributed by atoms with Crippen LogP contribution < -0.4 is 10.1 Å². The second-order valence-electron chi connectivity index (χ2n) is 6.34. The van der Waals surface area contributed by atoms with E-state index in [1.54, 1.807) is 24.3 Å². The summed E-state index contributed by atoms with van der Waals surface area (Å²) >= 11 is 0. The van der Waals surface area contributed by atoms with Gasteiger partial charge < -0.3 is 14.5 Å². The number of hydrogen-bond acceptors (Lipinski definition) is 6. The quantitative estimate of drug-likeness (QED) is 0.934. The fraction of sp³-hybridized carbons (Fsp3) is 0.438. The Balaban J connectivity index is 1.73. The third-order valence-corrected chi connectivity index (χ3v) is 4.26. The number of nitrogens with one attached hydrogen (secondary N) is 1. The van der Waals surface area contributed by atoms with Gasteiger partial charge in [-0.3, -0.25) is 0 Å². The second kappa shape index (κ2) is 5.11. The molecule has 3 rings (SSSR count). The fourth-order valence-corrected chi connectivity index (χ4v) is 3.22. The Morgan fingerprint density at radius 3 is 2.77 bits per heavy atom. The van der Waals surface area contributed by atoms with Gasteiger partial charge in [-0.25, -0.2) is 0 Å². The highest BCUT2D eigenvalue weighted by Crippen LogP contribution is 2.49. The molecule has 114 valence electrons. The van der Waals surface area contributed by atoms with E-state index in [1.807, 2.05) is 7.05 Å². The van der Waals surface area contributed by atoms with E-state index in [9.17, 15) is 0 Å². The van der Waals surface area contributed by atoms with Crippen LogP contribution in [-0.2, 0) is 5.41 Å². The van der Waals surface area contributed by atoms with Gasteiger partial charge in [0.05, 0.1) is 11.6 Å². The smallest absolute Gasteiger partial charge is 0.410 e. The molecule has 0 amide bonds. The molecule has 22 heavy (non-hydrogen) atoms. The predicted molar refractivity (Wildman–Crippen MR) is 79.6 cm³/mol. The molecular formula is C16H18N4O2. The molecule has 0 aliphatic heterocycles. The molecule has 6 nitrogen and oxygen atoms in total. The van der Waals surface area contributed by atoms with Gasteiger partial charge in [-0.1, -0.05) is 18.1 Å². The first kappa shape index (κ1) is 14.5. The number of benzene rings is 1. The summed E-state index contributed by atoms with van der Waals surface area (Å²) in [5.41, 5.74) is 0.514. The standard InChI is InChI=1S/C16H18N4O2/c1-15(9-16(2,10-15)18-3)13-19-20-14(22-13)21-12-6-4-5-11(7-12)8-17/h4-7,18H,9-10H2,1-3H3. The molecule has 1 fully saturated rings. The zero-order valence-electron chi connectivity index (χ0n) is 12.9. The Bertz CT molecular complexity index is 726. The van der Waals surface area contributed by atoms with Crippen LogP contribution in [-0.4, -0.2) is 22.8 Å². The largest absolute Gasteiger partial charge is 0.420 e. The molecular weight excluding hydrogens is 280 g/mol. The first-order valence-electron chi connectivity index (χ1n) is 7.17. The number of hydrogen-bond donors (Lipinski definition) is 1. The molecule has 1 aliphatic rings. The van der Waals surface area contributed by atoms with Crippen molar-refractivity contribution in [2.24, 2.45) is 0 Å². The minimum atomic E-state index is -0.124. The van der Waals surface area contributed by atoms with E-state index >= 15 is 0 Å². The van der Waals surface area contributed by atoms with Crippen molar-refractivity contribution in [3.63, 3.8) is 0 Å². The minimum absolute atomic E-state index is 0.101. The molecule has 1 N–H and O–H groups in total. The van der Waals surface area contributed by atoms with Gasteiger partial charge in [0, 0.05) is 11.0 Å². The Morgan fingerprint density at radius 2 is 2.09 bits per heavy atom. The molecule has 6 heteroatoms. The molecule has 0 bridgehead atoms. The van der Waals surface area contributed by atoms with Crippen LogP contribution in [0.5, 0.6) is 11.8 Å².